The van der Waals surface area contributed by atoms with Crippen LogP contribution in [0.3, 0.4) is 0 Å². The Morgan fingerprint density at radius 3 is 2.28 bits per heavy atom. The second-order valence-electron chi connectivity index (χ2n) is 6.62. The number of hydrogen-bond acceptors (Lipinski definition) is 7. The van der Waals surface area contributed by atoms with E-state index in [2.05, 4.69) is 21.3 Å². The Kier molecular flexibility index (Phi) is 7.03. The van der Waals surface area contributed by atoms with Gasteiger partial charge >= 0.3 is 29.6 Å². The van der Waals surface area contributed by atoms with Gasteiger partial charge in [-0.3, -0.25) is 9.54 Å². The van der Waals surface area contributed by atoms with E-state index in [1.807, 2.05) is 0 Å². The third-order valence-corrected chi connectivity index (χ3v) is 5.53. The summed E-state index contributed by atoms with van der Waals surface area (Å²) < 4.78 is 33.2. The molecule has 0 amide bonds. The fraction of sp³-hybridized carbons (Fsp3) is 0. The van der Waals surface area contributed by atoms with Crippen molar-refractivity contribution in [2.45, 2.75) is 4.90 Å². The summed E-state index contributed by atoms with van der Waals surface area (Å²) in [5.41, 5.74) is 9.04. The average Bonchev–Trinajstić information content (AvgIpc) is 2.78. The summed E-state index contributed by atoms with van der Waals surface area (Å²) in [6.45, 7) is 0. The first-order chi connectivity index (χ1) is 14.9. The molecule has 0 saturated heterocycles. The van der Waals surface area contributed by atoms with Crippen LogP contribution >= 0.6 is 0 Å². The fourth-order valence-corrected chi connectivity index (χ4v) is 3.81. The van der Waals surface area contributed by atoms with Gasteiger partial charge in [-0.2, -0.15) is 13.7 Å². The number of rotatable bonds is 4. The minimum absolute atomic E-state index is 0. The molecule has 0 aliphatic rings. The van der Waals surface area contributed by atoms with Crippen LogP contribution in [0.5, 0.6) is 0 Å². The standard InChI is InChI=1S/C22H15N5O3S.Na.H/c23-12-14-5-7-15(8-6-14)19-10-9-16(13-25-19)26-27-20-11-21(31(28,29)30)17-3-1-2-4-18(17)22(20)24;;/h1-11,13H,24H2,(H,28,29,30);;/q;+1;-1. The maximum absolute atomic E-state index is 11.8. The Hall–Kier alpha value is -3.13. The Labute approximate surface area is 208 Å². The van der Waals surface area contributed by atoms with Crippen LogP contribution in [0.2, 0.25) is 0 Å². The minimum Gasteiger partial charge on any atom is -1.00 e. The van der Waals surface area contributed by atoms with Crippen LogP contribution in [0, 0.1) is 11.3 Å². The number of aromatic nitrogens is 1. The quantitative estimate of drug-likeness (QED) is 0.210. The molecular weight excluding hydrogens is 437 g/mol. The van der Waals surface area contributed by atoms with Gasteiger partial charge in [-0.05, 0) is 30.3 Å². The first kappa shape index (κ1) is 23.5. The molecule has 0 spiro atoms. The molecule has 1 aromatic heterocycles. The summed E-state index contributed by atoms with van der Waals surface area (Å²) in [4.78, 5) is 4.05. The van der Waals surface area contributed by atoms with Gasteiger partial charge in [0.25, 0.3) is 10.1 Å². The number of azo groups is 1. The molecule has 154 valence electrons. The molecule has 0 aliphatic heterocycles. The van der Waals surface area contributed by atoms with E-state index in [-0.39, 0.29) is 47.3 Å². The van der Waals surface area contributed by atoms with E-state index in [4.69, 9.17) is 11.0 Å². The van der Waals surface area contributed by atoms with E-state index in [1.54, 1.807) is 60.7 Å². The van der Waals surface area contributed by atoms with Crippen LogP contribution < -0.4 is 35.3 Å². The number of nitriles is 1. The van der Waals surface area contributed by atoms with Crippen molar-refractivity contribution in [3.63, 3.8) is 0 Å². The van der Waals surface area contributed by atoms with Gasteiger partial charge in [0.1, 0.15) is 16.3 Å². The van der Waals surface area contributed by atoms with Gasteiger partial charge in [0.2, 0.25) is 0 Å². The molecule has 0 bridgehead atoms. The van der Waals surface area contributed by atoms with E-state index in [0.717, 1.165) is 5.56 Å². The van der Waals surface area contributed by atoms with E-state index in [0.29, 0.717) is 27.7 Å². The van der Waals surface area contributed by atoms with Gasteiger partial charge in [-0.15, -0.1) is 10.2 Å². The molecule has 4 aromatic rings. The molecule has 10 heteroatoms. The summed E-state index contributed by atoms with van der Waals surface area (Å²) in [6, 6.07) is 20.3. The predicted molar refractivity (Wildman–Crippen MR) is 118 cm³/mol. The van der Waals surface area contributed by atoms with Crippen molar-refractivity contribution >= 4 is 38.0 Å². The minimum atomic E-state index is -4.48. The maximum atomic E-state index is 11.8. The Bertz CT molecular complexity index is 1470. The molecule has 3 aromatic carbocycles. The molecule has 0 saturated carbocycles. The van der Waals surface area contributed by atoms with Crippen molar-refractivity contribution in [3.8, 4) is 17.3 Å². The molecule has 3 N–H and O–H groups in total. The third kappa shape index (κ3) is 4.85. The van der Waals surface area contributed by atoms with Crippen LogP contribution in [0.1, 0.15) is 6.99 Å². The molecule has 0 radical (unpaired) electrons. The van der Waals surface area contributed by atoms with Crippen molar-refractivity contribution in [1.82, 2.24) is 4.98 Å². The van der Waals surface area contributed by atoms with Gasteiger partial charge in [-0.1, -0.05) is 36.4 Å². The van der Waals surface area contributed by atoms with E-state index < -0.39 is 10.1 Å². The molecule has 4 rings (SSSR count). The van der Waals surface area contributed by atoms with Gasteiger partial charge in [-0.25, -0.2) is 0 Å². The van der Waals surface area contributed by atoms with Crippen LogP contribution in [0.25, 0.3) is 22.0 Å². The Balaban J connectivity index is 0.00000193. The van der Waals surface area contributed by atoms with Gasteiger partial charge in [0.15, 0.2) is 0 Å². The van der Waals surface area contributed by atoms with Gasteiger partial charge < -0.3 is 7.16 Å². The number of nitrogens with zero attached hydrogens (tertiary/aromatic N) is 4. The summed E-state index contributed by atoms with van der Waals surface area (Å²) in [7, 11) is -4.48. The summed E-state index contributed by atoms with van der Waals surface area (Å²) in [6.07, 6.45) is 1.51. The van der Waals surface area contributed by atoms with E-state index >= 15 is 0 Å². The maximum Gasteiger partial charge on any atom is 1.00 e. The third-order valence-electron chi connectivity index (χ3n) is 4.64. The number of benzene rings is 3. The SMILES string of the molecule is N#Cc1ccc(-c2ccc(N=Nc3cc(S(=O)(=O)O)c4ccccc4c3N)cn2)cc1.[H-].[Na+]. The van der Waals surface area contributed by atoms with Crippen LogP contribution in [-0.2, 0) is 10.1 Å². The first-order valence-electron chi connectivity index (χ1n) is 9.04. The van der Waals surface area contributed by atoms with E-state index in [9.17, 15) is 13.0 Å². The zero-order valence-electron chi connectivity index (χ0n) is 18.0. The van der Waals surface area contributed by atoms with Crippen molar-refractivity contribution in [1.29, 1.82) is 5.26 Å². The molecule has 0 aliphatic carbocycles. The zero-order chi connectivity index (χ0) is 22.0. The average molecular weight is 453 g/mol. The molecule has 8 nitrogen and oxygen atoms in total. The van der Waals surface area contributed by atoms with Crippen molar-refractivity contribution in [2.24, 2.45) is 10.2 Å². The monoisotopic (exact) mass is 453 g/mol. The molecule has 32 heavy (non-hydrogen) atoms. The number of nitrogens with two attached hydrogens (primary N) is 1. The summed E-state index contributed by atoms with van der Waals surface area (Å²) in [5, 5.41) is 17.8. The predicted octanol–water partition coefficient (Wildman–Crippen LogP) is 2.13. The second kappa shape index (κ2) is 9.56. The summed E-state index contributed by atoms with van der Waals surface area (Å²) >= 11 is 0. The van der Waals surface area contributed by atoms with Crippen molar-refractivity contribution < 1.29 is 44.0 Å². The molecule has 0 unspecified atom stereocenters. The number of hydrogen-bond donors (Lipinski definition) is 2. The largest absolute Gasteiger partial charge is 1.00 e. The number of fused-ring (bicyclic) bond motifs is 1. The fourth-order valence-electron chi connectivity index (χ4n) is 3.09. The smallest absolute Gasteiger partial charge is 1.00 e. The van der Waals surface area contributed by atoms with Crippen LogP contribution in [0.4, 0.5) is 17.1 Å². The molecule has 0 atom stereocenters. The second-order valence-corrected chi connectivity index (χ2v) is 8.01. The number of pyridine rings is 1. The normalized spacial score (nSPS) is 11.2. The van der Waals surface area contributed by atoms with Crippen LogP contribution in [-0.4, -0.2) is 18.0 Å². The van der Waals surface area contributed by atoms with Crippen LogP contribution in [0.15, 0.2) is 88.1 Å². The molecule has 0 fully saturated rings. The Morgan fingerprint density at radius 1 is 1.00 bits per heavy atom. The Morgan fingerprint density at radius 2 is 1.69 bits per heavy atom. The van der Waals surface area contributed by atoms with Crippen molar-refractivity contribution in [3.05, 3.63) is 78.5 Å². The topological polar surface area (TPSA) is 142 Å². The molecular formula is C22H16N5NaO3S. The zero-order valence-corrected chi connectivity index (χ0v) is 19.8. The molecule has 1 heterocycles. The van der Waals surface area contributed by atoms with Gasteiger partial charge in [0, 0.05) is 16.3 Å². The summed E-state index contributed by atoms with van der Waals surface area (Å²) in [5.74, 6) is 0. The van der Waals surface area contributed by atoms with E-state index in [1.165, 1.54) is 12.3 Å². The number of nitrogen functional groups attached to an aromatic ring is 1. The number of anilines is 1. The van der Waals surface area contributed by atoms with Gasteiger partial charge in [0.05, 0.1) is 29.2 Å². The van der Waals surface area contributed by atoms with Crippen molar-refractivity contribution in [2.75, 3.05) is 5.73 Å². The first-order valence-corrected chi connectivity index (χ1v) is 10.5.